The molecule has 2 aromatic carbocycles. The first-order chi connectivity index (χ1) is 20.8. The van der Waals surface area contributed by atoms with Crippen LogP contribution in [-0.2, 0) is 21.0 Å². The Balaban J connectivity index is 0.000000732. The van der Waals surface area contributed by atoms with Gasteiger partial charge in [-0.15, -0.1) is 6.58 Å². The van der Waals surface area contributed by atoms with Crippen LogP contribution < -0.4 is 0 Å². The van der Waals surface area contributed by atoms with Gasteiger partial charge in [0.2, 0.25) is 0 Å². The van der Waals surface area contributed by atoms with E-state index in [9.17, 15) is 19.8 Å². The zero-order valence-electron chi connectivity index (χ0n) is 29.6. The number of hydrogen-bond acceptors (Lipinski definition) is 5. The van der Waals surface area contributed by atoms with Gasteiger partial charge in [-0.05, 0) is 78.5 Å². The molecule has 0 atom stereocenters. The van der Waals surface area contributed by atoms with Crippen molar-refractivity contribution in [2.45, 2.75) is 143 Å². The van der Waals surface area contributed by atoms with Crippen molar-refractivity contribution in [2.75, 3.05) is 6.61 Å². The first kappa shape index (κ1) is 41.9. The fourth-order valence-electron chi connectivity index (χ4n) is 4.87. The molecule has 0 amide bonds. The number of unbranched alkanes of at least 4 members (excludes halogenated alkanes) is 5. The lowest BCUT2D eigenvalue weighted by molar-refractivity contribution is -0.137. The van der Waals surface area contributed by atoms with Crippen molar-refractivity contribution in [3.63, 3.8) is 0 Å². The topological polar surface area (TPSA) is 115 Å². The molecule has 0 heterocycles. The van der Waals surface area contributed by atoms with Gasteiger partial charge in [0, 0.05) is 18.6 Å². The number of aromatic hydroxyl groups is 2. The zero-order chi connectivity index (χ0) is 34.8. The number of phenols is 2. The van der Waals surface area contributed by atoms with Crippen LogP contribution in [0.3, 0.4) is 0 Å². The number of phenolic OH excluding ortho intramolecular Hbond substituents is 2. The molecule has 0 saturated heterocycles. The summed E-state index contributed by atoms with van der Waals surface area (Å²) in [6.07, 6.45) is 10.1. The van der Waals surface area contributed by atoms with Crippen molar-refractivity contribution < 1.29 is 30.0 Å². The van der Waals surface area contributed by atoms with E-state index in [-0.39, 0.29) is 28.6 Å². The Hall–Kier alpha value is -3.12. The standard InChI is InChI=1S/C20H32O3.C10H14O.C9H16O2/c1-19(2,3)17-13-16(12-15(14-22)18(17)23)20(4,5)10-8-6-7-9-11-21;1-10(2,3)8-6-4-5-7-9(8)11;1-8(2)6-4-3-5-7-9(10)11/h12-14,21,23H,6-11H2,1-5H3;4-7,11H,1-3H3;1,3-7H2,2H3,(H,10,11). The van der Waals surface area contributed by atoms with Gasteiger partial charge in [0.05, 0.1) is 5.56 Å². The van der Waals surface area contributed by atoms with Crippen molar-refractivity contribution in [1.82, 2.24) is 0 Å². The Morgan fingerprint density at radius 3 is 1.78 bits per heavy atom. The minimum atomic E-state index is -0.694. The number of aldehydes is 1. The van der Waals surface area contributed by atoms with E-state index in [1.807, 2.05) is 52.0 Å². The summed E-state index contributed by atoms with van der Waals surface area (Å²) >= 11 is 0. The smallest absolute Gasteiger partial charge is 0.303 e. The number of carbonyl (C=O) groups excluding carboxylic acids is 1. The maximum atomic E-state index is 11.3. The van der Waals surface area contributed by atoms with Crippen LogP contribution in [0, 0.1) is 0 Å². The van der Waals surface area contributed by atoms with E-state index < -0.39 is 5.97 Å². The van der Waals surface area contributed by atoms with E-state index in [0.717, 1.165) is 80.8 Å². The lowest BCUT2D eigenvalue weighted by Gasteiger charge is -2.29. The van der Waals surface area contributed by atoms with Gasteiger partial charge in [-0.3, -0.25) is 9.59 Å². The third-order valence-electron chi connectivity index (χ3n) is 7.77. The van der Waals surface area contributed by atoms with Gasteiger partial charge >= 0.3 is 5.97 Å². The Morgan fingerprint density at radius 2 is 1.31 bits per heavy atom. The molecule has 0 spiro atoms. The van der Waals surface area contributed by atoms with Gasteiger partial charge in [0.15, 0.2) is 6.29 Å². The maximum Gasteiger partial charge on any atom is 0.303 e. The van der Waals surface area contributed by atoms with Crippen LogP contribution in [0.2, 0.25) is 0 Å². The van der Waals surface area contributed by atoms with Gasteiger partial charge in [-0.25, -0.2) is 0 Å². The van der Waals surface area contributed by atoms with Gasteiger partial charge in [-0.1, -0.05) is 111 Å². The lowest BCUT2D eigenvalue weighted by atomic mass is 9.75. The highest BCUT2D eigenvalue weighted by Gasteiger charge is 2.27. The summed E-state index contributed by atoms with van der Waals surface area (Å²) in [6.45, 7) is 22.8. The molecule has 0 aliphatic carbocycles. The summed E-state index contributed by atoms with van der Waals surface area (Å²) in [5.41, 5.74) is 4.25. The maximum absolute atomic E-state index is 11.3. The van der Waals surface area contributed by atoms with Crippen LogP contribution in [0.1, 0.15) is 154 Å². The average Bonchev–Trinajstić information content (AvgIpc) is 2.92. The molecule has 6 heteroatoms. The predicted octanol–water partition coefficient (Wildman–Crippen LogP) is 10.0. The van der Waals surface area contributed by atoms with E-state index in [1.165, 1.54) is 5.57 Å². The SMILES string of the molecule is C=C(C)CCCCCC(=O)O.CC(C)(C)c1cc(C(C)(C)CCCCCCO)cc(C=O)c1O.CC(C)(C)c1ccccc1O. The molecule has 2 rings (SSSR count). The largest absolute Gasteiger partial charge is 0.508 e. The minimum absolute atomic E-state index is 0.0331. The van der Waals surface area contributed by atoms with Crippen molar-refractivity contribution >= 4 is 12.3 Å². The molecule has 2 aromatic rings. The van der Waals surface area contributed by atoms with Crippen LogP contribution in [0.5, 0.6) is 11.5 Å². The summed E-state index contributed by atoms with van der Waals surface area (Å²) < 4.78 is 0. The number of carboxylic acids is 1. The van der Waals surface area contributed by atoms with E-state index in [2.05, 4.69) is 47.3 Å². The summed E-state index contributed by atoms with van der Waals surface area (Å²) in [5, 5.41) is 36.9. The number of carbonyl (C=O) groups is 2. The second kappa shape index (κ2) is 20.1. The molecular formula is C39H62O6. The monoisotopic (exact) mass is 626 g/mol. The Labute approximate surface area is 273 Å². The highest BCUT2D eigenvalue weighted by Crippen LogP contribution is 2.39. The normalized spacial score (nSPS) is 11.5. The number of hydrogen-bond donors (Lipinski definition) is 4. The molecule has 0 bridgehead atoms. The molecule has 6 nitrogen and oxygen atoms in total. The Morgan fingerprint density at radius 1 is 0.778 bits per heavy atom. The highest BCUT2D eigenvalue weighted by molar-refractivity contribution is 5.81. The Bertz CT molecular complexity index is 1160. The van der Waals surface area contributed by atoms with Gasteiger partial charge in [0.25, 0.3) is 0 Å². The second-order valence-electron chi connectivity index (χ2n) is 14.8. The van der Waals surface area contributed by atoms with Crippen LogP contribution in [0.4, 0.5) is 0 Å². The van der Waals surface area contributed by atoms with E-state index in [0.29, 0.717) is 17.7 Å². The lowest BCUT2D eigenvalue weighted by Crippen LogP contribution is -2.20. The number of allylic oxidation sites excluding steroid dienone is 1. The quantitative estimate of drug-likeness (QED) is 0.0942. The minimum Gasteiger partial charge on any atom is -0.508 e. The fraction of sp³-hybridized carbons (Fsp3) is 0.590. The summed E-state index contributed by atoms with van der Waals surface area (Å²) in [5.74, 6) is -0.199. The van der Waals surface area contributed by atoms with Crippen molar-refractivity contribution in [3.8, 4) is 11.5 Å². The van der Waals surface area contributed by atoms with Crippen LogP contribution in [0.15, 0.2) is 48.6 Å². The third-order valence-corrected chi connectivity index (χ3v) is 7.77. The first-order valence-corrected chi connectivity index (χ1v) is 16.4. The predicted molar refractivity (Wildman–Crippen MR) is 188 cm³/mol. The molecular weight excluding hydrogens is 564 g/mol. The molecule has 0 aliphatic rings. The van der Waals surface area contributed by atoms with Crippen LogP contribution in [0.25, 0.3) is 0 Å². The zero-order valence-corrected chi connectivity index (χ0v) is 29.6. The second-order valence-corrected chi connectivity index (χ2v) is 14.8. The van der Waals surface area contributed by atoms with E-state index in [4.69, 9.17) is 10.2 Å². The van der Waals surface area contributed by atoms with Crippen molar-refractivity contribution in [1.29, 1.82) is 0 Å². The van der Waals surface area contributed by atoms with Gasteiger partial charge < -0.3 is 20.4 Å². The first-order valence-electron chi connectivity index (χ1n) is 16.4. The summed E-state index contributed by atoms with van der Waals surface area (Å²) in [7, 11) is 0. The number of para-hydroxylation sites is 1. The molecule has 0 fully saturated rings. The number of aliphatic hydroxyl groups excluding tert-OH is 1. The van der Waals surface area contributed by atoms with Crippen LogP contribution in [-0.4, -0.2) is 39.3 Å². The molecule has 0 radical (unpaired) electrons. The summed E-state index contributed by atoms with van der Waals surface area (Å²) in [6, 6.07) is 11.3. The molecule has 0 unspecified atom stereocenters. The summed E-state index contributed by atoms with van der Waals surface area (Å²) in [4.78, 5) is 21.4. The highest BCUT2D eigenvalue weighted by atomic mass is 16.4. The Kier molecular flexibility index (Phi) is 18.7. The molecule has 45 heavy (non-hydrogen) atoms. The van der Waals surface area contributed by atoms with E-state index >= 15 is 0 Å². The van der Waals surface area contributed by atoms with Gasteiger partial charge in [-0.2, -0.15) is 0 Å². The molecule has 0 aliphatic heterocycles. The molecule has 254 valence electrons. The number of aliphatic carboxylic acids is 1. The molecule has 4 N–H and O–H groups in total. The number of carboxylic acid groups (broad SMARTS) is 1. The molecule has 0 aromatic heterocycles. The third kappa shape index (κ3) is 17.2. The van der Waals surface area contributed by atoms with Crippen LogP contribution >= 0.6 is 0 Å². The average molecular weight is 627 g/mol. The fourth-order valence-corrected chi connectivity index (χ4v) is 4.87. The molecule has 0 saturated carbocycles. The number of aliphatic hydroxyl groups is 1. The van der Waals surface area contributed by atoms with E-state index in [1.54, 1.807) is 6.07 Å². The van der Waals surface area contributed by atoms with Crippen molar-refractivity contribution in [2.24, 2.45) is 0 Å². The number of rotatable bonds is 14. The van der Waals surface area contributed by atoms with Crippen molar-refractivity contribution in [3.05, 3.63) is 70.8 Å². The van der Waals surface area contributed by atoms with Gasteiger partial charge in [0.1, 0.15) is 11.5 Å². The number of benzene rings is 2.